The van der Waals surface area contributed by atoms with Crippen molar-refractivity contribution in [3.8, 4) is 0 Å². The number of allylic oxidation sites excluding steroid dienone is 4. The first-order chi connectivity index (χ1) is 4.23. The molecular formula is C11H25Cl2OSiTi-5. The Kier molecular flexibility index (Phi) is 150. The summed E-state index contributed by atoms with van der Waals surface area (Å²) in [5.74, 6) is 0. The number of hydrogen-bond donors (Lipinski definition) is 1. The van der Waals surface area contributed by atoms with E-state index in [0.717, 1.165) is 6.42 Å². The summed E-state index contributed by atoms with van der Waals surface area (Å²) in [5.41, 5.74) is 0. The van der Waals surface area contributed by atoms with Crippen molar-refractivity contribution < 1.29 is 51.3 Å². The minimum absolute atomic E-state index is 0. The third-order valence-electron chi connectivity index (χ3n) is 0.586. The second-order valence-corrected chi connectivity index (χ2v) is 4.28. The fourth-order valence-electron chi connectivity index (χ4n) is 0.340. The summed E-state index contributed by atoms with van der Waals surface area (Å²) in [5, 5.41) is 0. The van der Waals surface area contributed by atoms with Crippen LogP contribution in [0.5, 0.6) is 0 Å². The third-order valence-corrected chi connectivity index (χ3v) is 0.586. The predicted octanol–water partition coefficient (Wildman–Crippen LogP) is -2.93. The summed E-state index contributed by atoms with van der Waals surface area (Å²) in [7, 11) is -1.14. The zero-order chi connectivity index (χ0) is 7.11. The first-order valence-electron chi connectivity index (χ1n) is 3.13. The molecule has 1 aliphatic rings. The smallest absolute Gasteiger partial charge is 1.00 e. The predicted molar refractivity (Wildman–Crippen MR) is 68.3 cm³/mol. The molecule has 5 heteroatoms. The second-order valence-electron chi connectivity index (χ2n) is 2.10. The van der Waals surface area contributed by atoms with Crippen LogP contribution in [-0.4, -0.2) is 13.8 Å². The average molecular weight is 320 g/mol. The maximum atomic E-state index is 8.19. The zero-order valence-electron chi connectivity index (χ0n) is 11.2. The molecule has 0 amide bonds. The fourth-order valence-corrected chi connectivity index (χ4v) is 0.340. The van der Waals surface area contributed by atoms with Crippen LogP contribution in [0.2, 0.25) is 13.1 Å². The van der Waals surface area contributed by atoms with E-state index in [9.17, 15) is 0 Å². The van der Waals surface area contributed by atoms with Crippen LogP contribution in [0.3, 0.4) is 0 Å². The maximum Gasteiger partial charge on any atom is 2.00 e. The molecule has 0 fully saturated rings. The molecule has 16 heavy (non-hydrogen) atoms. The Labute approximate surface area is 133 Å². The van der Waals surface area contributed by atoms with Gasteiger partial charge in [-0.1, -0.05) is 0 Å². The first-order valence-corrected chi connectivity index (χ1v) is 5.96. The summed E-state index contributed by atoms with van der Waals surface area (Å²) in [4.78, 5) is 8.19. The molecule has 0 aromatic rings. The van der Waals surface area contributed by atoms with Gasteiger partial charge in [-0.15, -0.1) is 6.42 Å². The Balaban J connectivity index is -0.00000000939. The molecule has 0 spiro atoms. The standard InChI is InChI=1S/C5H5.C2H8OSi.4CH3.2ClH.Ti/c1-2-4-5-3-1;1-4(2)3;;;;;;;/h1-3H,4H2;3-4H,1-2H3;4*1H3;2*1H;/q-1;;4*-1;;;+2/p-2. The van der Waals surface area contributed by atoms with Crippen LogP contribution in [0.25, 0.3) is 0 Å². The van der Waals surface area contributed by atoms with Gasteiger partial charge in [-0.3, -0.25) is 6.08 Å². The summed E-state index contributed by atoms with van der Waals surface area (Å²) >= 11 is 0. The summed E-state index contributed by atoms with van der Waals surface area (Å²) < 4.78 is 0. The quantitative estimate of drug-likeness (QED) is 0.374. The van der Waals surface area contributed by atoms with E-state index in [4.69, 9.17) is 4.80 Å². The van der Waals surface area contributed by atoms with Crippen LogP contribution < -0.4 is 24.8 Å². The Morgan fingerprint density at radius 2 is 1.38 bits per heavy atom. The van der Waals surface area contributed by atoms with Crippen molar-refractivity contribution in [2.75, 3.05) is 0 Å². The Bertz CT molecular complexity index is 108. The van der Waals surface area contributed by atoms with Crippen LogP contribution in [0.15, 0.2) is 18.2 Å². The average Bonchev–Trinajstić information content (AvgIpc) is 2.11. The summed E-state index contributed by atoms with van der Waals surface area (Å²) in [6.07, 6.45) is 10.0. The minimum atomic E-state index is -1.14. The van der Waals surface area contributed by atoms with Gasteiger partial charge in [-0.2, -0.15) is 6.08 Å². The van der Waals surface area contributed by atoms with Gasteiger partial charge in [0.2, 0.25) is 0 Å². The SMILES string of the molecule is C[SiH](C)O.[C-]1=CC=CC1.[CH3-].[CH3-].[CH3-].[CH3-].[Cl-].[Cl-].[Ti+2]. The van der Waals surface area contributed by atoms with Crippen LogP contribution in [0.1, 0.15) is 6.42 Å². The van der Waals surface area contributed by atoms with E-state index in [1.54, 1.807) is 0 Å². The number of halogens is 2. The van der Waals surface area contributed by atoms with Gasteiger partial charge in [0.05, 0.1) is 0 Å². The Morgan fingerprint density at radius 1 is 1.06 bits per heavy atom. The normalized spacial score (nSPS) is 7.75. The monoisotopic (exact) mass is 319 g/mol. The van der Waals surface area contributed by atoms with E-state index in [0.29, 0.717) is 0 Å². The van der Waals surface area contributed by atoms with E-state index in [1.165, 1.54) is 0 Å². The van der Waals surface area contributed by atoms with Gasteiger partial charge in [0.15, 0.2) is 9.04 Å². The second kappa shape index (κ2) is 44.5. The van der Waals surface area contributed by atoms with Crippen molar-refractivity contribution in [2.45, 2.75) is 19.5 Å². The molecule has 102 valence electrons. The third kappa shape index (κ3) is 82.2. The van der Waals surface area contributed by atoms with Gasteiger partial charge in [-0.05, 0) is 13.1 Å². The molecule has 0 radical (unpaired) electrons. The zero-order valence-corrected chi connectivity index (χ0v) is 15.4. The molecule has 0 saturated heterocycles. The molecule has 0 bridgehead atoms. The van der Waals surface area contributed by atoms with Gasteiger partial charge in [0.25, 0.3) is 0 Å². The molecule has 1 nitrogen and oxygen atoms in total. The Morgan fingerprint density at radius 3 is 1.44 bits per heavy atom. The van der Waals surface area contributed by atoms with E-state index in [-0.39, 0.29) is 76.2 Å². The van der Waals surface area contributed by atoms with Crippen molar-refractivity contribution >= 4 is 9.04 Å². The van der Waals surface area contributed by atoms with E-state index < -0.39 is 9.04 Å². The van der Waals surface area contributed by atoms with Gasteiger partial charge < -0.3 is 59.3 Å². The first kappa shape index (κ1) is 53.8. The van der Waals surface area contributed by atoms with Crippen molar-refractivity contribution in [3.63, 3.8) is 0 Å². The van der Waals surface area contributed by atoms with Gasteiger partial charge in [-0.25, -0.2) is 12.2 Å². The van der Waals surface area contributed by atoms with E-state index >= 15 is 0 Å². The molecule has 0 aromatic heterocycles. The number of hydrogen-bond acceptors (Lipinski definition) is 1. The van der Waals surface area contributed by atoms with Crippen LogP contribution in [0, 0.1) is 35.8 Å². The summed E-state index contributed by atoms with van der Waals surface area (Å²) in [6.45, 7) is 3.72. The summed E-state index contributed by atoms with van der Waals surface area (Å²) in [6, 6.07) is 0. The molecule has 0 saturated carbocycles. The molecule has 0 aromatic carbocycles. The van der Waals surface area contributed by atoms with Gasteiger partial charge >= 0.3 is 21.7 Å². The van der Waals surface area contributed by atoms with Crippen LogP contribution in [-0.2, 0) is 21.7 Å². The largest absolute Gasteiger partial charge is 2.00 e. The molecule has 1 rings (SSSR count). The van der Waals surface area contributed by atoms with Crippen molar-refractivity contribution in [2.24, 2.45) is 0 Å². The maximum absolute atomic E-state index is 8.19. The van der Waals surface area contributed by atoms with Crippen LogP contribution in [0.4, 0.5) is 0 Å². The van der Waals surface area contributed by atoms with E-state index in [1.807, 2.05) is 25.2 Å². The van der Waals surface area contributed by atoms with E-state index in [2.05, 4.69) is 12.2 Å². The molecule has 0 aliphatic heterocycles. The number of rotatable bonds is 0. The molecule has 0 heterocycles. The minimum Gasteiger partial charge on any atom is -1.00 e. The van der Waals surface area contributed by atoms with Crippen LogP contribution >= 0.6 is 0 Å². The van der Waals surface area contributed by atoms with Gasteiger partial charge in [0, 0.05) is 0 Å². The van der Waals surface area contributed by atoms with Crippen molar-refractivity contribution in [3.05, 3.63) is 54.0 Å². The molecular weight excluding hydrogens is 295 g/mol. The molecule has 0 unspecified atom stereocenters. The Hall–Kier alpha value is 0.951. The fraction of sp³-hybridized carbons (Fsp3) is 0.273. The molecule has 0 atom stereocenters. The topological polar surface area (TPSA) is 20.2 Å². The van der Waals surface area contributed by atoms with Crippen molar-refractivity contribution in [1.82, 2.24) is 0 Å². The molecule has 1 N–H and O–H groups in total. The van der Waals surface area contributed by atoms with Crippen molar-refractivity contribution in [1.29, 1.82) is 0 Å². The van der Waals surface area contributed by atoms with Gasteiger partial charge in [0.1, 0.15) is 0 Å². The molecule has 1 aliphatic carbocycles.